The Morgan fingerprint density at radius 2 is 1.80 bits per heavy atom. The molecule has 0 spiro atoms. The van der Waals surface area contributed by atoms with Crippen LogP contribution < -0.4 is 10.6 Å². The van der Waals surface area contributed by atoms with Crippen LogP contribution in [0.25, 0.3) is 0 Å². The first-order chi connectivity index (χ1) is 9.67. The molecule has 0 unspecified atom stereocenters. The smallest absolute Gasteiger partial charge is 0.231 e. The third-order valence-electron chi connectivity index (χ3n) is 3.81. The summed E-state index contributed by atoms with van der Waals surface area (Å²) in [6.45, 7) is 2.76. The molecule has 1 aliphatic heterocycles. The lowest BCUT2D eigenvalue weighted by Crippen LogP contribution is -2.25. The molecule has 2 N–H and O–H groups in total. The second-order valence-electron chi connectivity index (χ2n) is 5.21. The molecule has 20 heavy (non-hydrogen) atoms. The molecule has 0 radical (unpaired) electrons. The summed E-state index contributed by atoms with van der Waals surface area (Å²) in [5.41, 5.74) is 11.0. The van der Waals surface area contributed by atoms with Crippen molar-refractivity contribution in [1.82, 2.24) is 0 Å². The van der Waals surface area contributed by atoms with Crippen molar-refractivity contribution in [1.29, 1.82) is 0 Å². The van der Waals surface area contributed by atoms with Crippen LogP contribution in [0.2, 0.25) is 0 Å². The highest BCUT2D eigenvalue weighted by atomic mass is 16.2. The van der Waals surface area contributed by atoms with E-state index >= 15 is 0 Å². The number of anilines is 2. The number of nitrogens with zero attached hydrogens (tertiary/aromatic N) is 1. The summed E-state index contributed by atoms with van der Waals surface area (Å²) in [5, 5.41) is 0. The zero-order chi connectivity index (χ0) is 14.1. The highest BCUT2D eigenvalue weighted by Crippen LogP contribution is 2.31. The minimum absolute atomic E-state index is 0.144. The van der Waals surface area contributed by atoms with E-state index in [0.717, 1.165) is 23.2 Å². The van der Waals surface area contributed by atoms with Gasteiger partial charge in [0.25, 0.3) is 0 Å². The molecule has 3 rings (SSSR count). The van der Waals surface area contributed by atoms with Crippen LogP contribution in [-0.4, -0.2) is 5.91 Å². The van der Waals surface area contributed by atoms with Crippen molar-refractivity contribution in [3.63, 3.8) is 0 Å². The Balaban J connectivity index is 1.86. The van der Waals surface area contributed by atoms with E-state index in [9.17, 15) is 4.79 Å². The number of nitrogens with two attached hydrogens (primary N) is 1. The molecule has 2 aromatic rings. The Hall–Kier alpha value is -2.29. The molecule has 2 aromatic carbocycles. The fourth-order valence-corrected chi connectivity index (χ4v) is 2.64. The van der Waals surface area contributed by atoms with Gasteiger partial charge in [0.2, 0.25) is 5.91 Å². The van der Waals surface area contributed by atoms with Crippen LogP contribution in [0, 0.1) is 0 Å². The molecule has 3 heteroatoms. The van der Waals surface area contributed by atoms with E-state index in [1.165, 1.54) is 5.56 Å². The minimum Gasteiger partial charge on any atom is -0.399 e. The number of rotatable bonds is 3. The molecule has 0 saturated heterocycles. The molecule has 102 valence electrons. The SMILES string of the molecule is CCc1ccc(CN2C(=O)Cc3cc(N)ccc32)cc1. The number of carbonyl (C=O) groups excluding carboxylic acids is 1. The summed E-state index contributed by atoms with van der Waals surface area (Å²) >= 11 is 0. The van der Waals surface area contributed by atoms with Crippen LogP contribution in [0.15, 0.2) is 42.5 Å². The first kappa shape index (κ1) is 12.7. The molecule has 0 fully saturated rings. The molecule has 0 aliphatic carbocycles. The number of benzene rings is 2. The van der Waals surface area contributed by atoms with E-state index in [4.69, 9.17) is 5.73 Å². The first-order valence-electron chi connectivity index (χ1n) is 6.94. The van der Waals surface area contributed by atoms with E-state index in [-0.39, 0.29) is 5.91 Å². The van der Waals surface area contributed by atoms with Gasteiger partial charge in [0.1, 0.15) is 0 Å². The number of nitrogen functional groups attached to an aromatic ring is 1. The van der Waals surface area contributed by atoms with Crippen LogP contribution in [0.5, 0.6) is 0 Å². The lowest BCUT2D eigenvalue weighted by atomic mass is 10.1. The molecule has 3 nitrogen and oxygen atoms in total. The summed E-state index contributed by atoms with van der Waals surface area (Å²) in [6.07, 6.45) is 1.48. The van der Waals surface area contributed by atoms with E-state index in [1.807, 2.05) is 23.1 Å². The van der Waals surface area contributed by atoms with Crippen LogP contribution in [-0.2, 0) is 24.2 Å². The van der Waals surface area contributed by atoms with Crippen molar-refractivity contribution < 1.29 is 4.79 Å². The molecule has 0 saturated carbocycles. The molecule has 0 atom stereocenters. The van der Waals surface area contributed by atoms with Gasteiger partial charge in [0.15, 0.2) is 0 Å². The average molecular weight is 266 g/mol. The van der Waals surface area contributed by atoms with E-state index < -0.39 is 0 Å². The number of hydrogen-bond donors (Lipinski definition) is 1. The first-order valence-corrected chi connectivity index (χ1v) is 6.94. The van der Waals surface area contributed by atoms with Crippen molar-refractivity contribution in [3.05, 3.63) is 59.2 Å². The maximum Gasteiger partial charge on any atom is 0.231 e. The average Bonchev–Trinajstić information content (AvgIpc) is 2.75. The maximum atomic E-state index is 12.2. The van der Waals surface area contributed by atoms with Gasteiger partial charge in [-0.25, -0.2) is 0 Å². The predicted octanol–water partition coefficient (Wildman–Crippen LogP) is 2.92. The summed E-state index contributed by atoms with van der Waals surface area (Å²) in [5.74, 6) is 0.144. The van der Waals surface area contributed by atoms with Gasteiger partial charge >= 0.3 is 0 Å². The van der Waals surface area contributed by atoms with E-state index in [2.05, 4.69) is 31.2 Å². The van der Waals surface area contributed by atoms with Gasteiger partial charge in [-0.15, -0.1) is 0 Å². The second-order valence-corrected chi connectivity index (χ2v) is 5.21. The van der Waals surface area contributed by atoms with Crippen molar-refractivity contribution in [2.24, 2.45) is 0 Å². The van der Waals surface area contributed by atoms with Crippen LogP contribution >= 0.6 is 0 Å². The molecular formula is C17H18N2O. The Morgan fingerprint density at radius 3 is 2.50 bits per heavy atom. The summed E-state index contributed by atoms with van der Waals surface area (Å²) in [4.78, 5) is 14.0. The lowest BCUT2D eigenvalue weighted by molar-refractivity contribution is -0.117. The van der Waals surface area contributed by atoms with Gasteiger partial charge in [-0.05, 0) is 41.3 Å². The Morgan fingerprint density at radius 1 is 1.10 bits per heavy atom. The van der Waals surface area contributed by atoms with Crippen molar-refractivity contribution in [2.45, 2.75) is 26.3 Å². The zero-order valence-electron chi connectivity index (χ0n) is 11.6. The van der Waals surface area contributed by atoms with Gasteiger partial charge in [-0.3, -0.25) is 4.79 Å². The maximum absolute atomic E-state index is 12.2. The third kappa shape index (κ3) is 2.27. The highest BCUT2D eigenvalue weighted by Gasteiger charge is 2.27. The number of amides is 1. The summed E-state index contributed by atoms with van der Waals surface area (Å²) < 4.78 is 0. The van der Waals surface area contributed by atoms with Crippen molar-refractivity contribution in [3.8, 4) is 0 Å². The van der Waals surface area contributed by atoms with Crippen molar-refractivity contribution in [2.75, 3.05) is 10.6 Å². The molecular weight excluding hydrogens is 248 g/mol. The summed E-state index contributed by atoms with van der Waals surface area (Å²) in [6, 6.07) is 14.1. The monoisotopic (exact) mass is 266 g/mol. The lowest BCUT2D eigenvalue weighted by Gasteiger charge is -2.18. The predicted molar refractivity (Wildman–Crippen MR) is 81.6 cm³/mol. The number of hydrogen-bond acceptors (Lipinski definition) is 2. The van der Waals surface area contributed by atoms with Gasteiger partial charge in [0.05, 0.1) is 13.0 Å². The molecule has 0 bridgehead atoms. The van der Waals surface area contributed by atoms with Crippen LogP contribution in [0.1, 0.15) is 23.6 Å². The number of aryl methyl sites for hydroxylation is 1. The topological polar surface area (TPSA) is 46.3 Å². The van der Waals surface area contributed by atoms with E-state index in [0.29, 0.717) is 18.7 Å². The molecule has 1 heterocycles. The van der Waals surface area contributed by atoms with Crippen LogP contribution in [0.3, 0.4) is 0 Å². The normalized spacial score (nSPS) is 13.7. The largest absolute Gasteiger partial charge is 0.399 e. The van der Waals surface area contributed by atoms with Gasteiger partial charge in [0, 0.05) is 11.4 Å². The van der Waals surface area contributed by atoms with Crippen LogP contribution in [0.4, 0.5) is 11.4 Å². The molecule has 1 amide bonds. The van der Waals surface area contributed by atoms with Crippen molar-refractivity contribution >= 4 is 17.3 Å². The fourth-order valence-electron chi connectivity index (χ4n) is 2.64. The zero-order valence-corrected chi connectivity index (χ0v) is 11.6. The standard InChI is InChI=1S/C17H18N2O/c1-2-12-3-5-13(6-4-12)11-19-16-8-7-15(18)9-14(16)10-17(19)20/h3-9H,2,10-11,18H2,1H3. The quantitative estimate of drug-likeness (QED) is 0.868. The fraction of sp³-hybridized carbons (Fsp3) is 0.235. The van der Waals surface area contributed by atoms with Gasteiger partial charge in [-0.2, -0.15) is 0 Å². The minimum atomic E-state index is 0.144. The van der Waals surface area contributed by atoms with Gasteiger partial charge in [-0.1, -0.05) is 31.2 Å². The highest BCUT2D eigenvalue weighted by molar-refractivity contribution is 6.01. The Labute approximate surface area is 119 Å². The number of fused-ring (bicyclic) bond motifs is 1. The molecule has 1 aliphatic rings. The third-order valence-corrected chi connectivity index (χ3v) is 3.81. The Bertz CT molecular complexity index is 647. The second kappa shape index (κ2) is 5.00. The molecule has 0 aromatic heterocycles. The Kier molecular flexibility index (Phi) is 3.18. The van der Waals surface area contributed by atoms with Gasteiger partial charge < -0.3 is 10.6 Å². The van der Waals surface area contributed by atoms with E-state index in [1.54, 1.807) is 0 Å². The number of carbonyl (C=O) groups is 1. The summed E-state index contributed by atoms with van der Waals surface area (Å²) in [7, 11) is 0.